The van der Waals surface area contributed by atoms with E-state index in [0.717, 1.165) is 31.9 Å². The van der Waals surface area contributed by atoms with Crippen LogP contribution in [0.1, 0.15) is 31.7 Å². The molecule has 1 heterocycles. The van der Waals surface area contributed by atoms with E-state index in [2.05, 4.69) is 27.2 Å². The van der Waals surface area contributed by atoms with Crippen molar-refractivity contribution >= 4 is 21.7 Å². The van der Waals surface area contributed by atoms with Gasteiger partial charge in [0.1, 0.15) is 11.6 Å². The molecule has 2 N–H and O–H groups in total. The van der Waals surface area contributed by atoms with Gasteiger partial charge in [-0.15, -0.1) is 10.2 Å². The van der Waals surface area contributed by atoms with E-state index in [-0.39, 0.29) is 16.3 Å². The van der Waals surface area contributed by atoms with Gasteiger partial charge < -0.3 is 5.32 Å². The molecule has 0 saturated carbocycles. The number of benzene rings is 1. The fourth-order valence-electron chi connectivity index (χ4n) is 2.05. The normalized spacial score (nSPS) is 11.3. The summed E-state index contributed by atoms with van der Waals surface area (Å²) in [5.41, 5.74) is 0.260. The number of rotatable bonds is 8. The summed E-state index contributed by atoms with van der Waals surface area (Å²) in [6, 6.07) is 6.80. The van der Waals surface area contributed by atoms with Crippen LogP contribution in [-0.2, 0) is 10.0 Å². The Labute approximate surface area is 141 Å². The minimum Gasteiger partial charge on any atom is -0.369 e. The second-order valence-corrected chi connectivity index (χ2v) is 7.14. The summed E-state index contributed by atoms with van der Waals surface area (Å²) in [6.45, 7) is 4.43. The zero-order valence-electron chi connectivity index (χ0n) is 13.7. The second-order valence-electron chi connectivity index (χ2n) is 5.45. The molecule has 0 unspecified atom stereocenters. The first-order valence-electron chi connectivity index (χ1n) is 7.79. The van der Waals surface area contributed by atoms with Crippen LogP contribution >= 0.6 is 0 Å². The van der Waals surface area contributed by atoms with Crippen LogP contribution in [0.15, 0.2) is 35.2 Å². The molecule has 0 aliphatic rings. The van der Waals surface area contributed by atoms with Crippen LogP contribution in [0.3, 0.4) is 0 Å². The minimum atomic E-state index is -3.83. The maximum absolute atomic E-state index is 13.3. The van der Waals surface area contributed by atoms with Crippen molar-refractivity contribution in [2.75, 3.05) is 16.6 Å². The molecule has 1 aromatic heterocycles. The maximum atomic E-state index is 13.3. The quantitative estimate of drug-likeness (QED) is 0.712. The summed E-state index contributed by atoms with van der Waals surface area (Å²) in [6.07, 6.45) is 3.31. The van der Waals surface area contributed by atoms with Crippen molar-refractivity contribution in [2.45, 2.75) is 38.0 Å². The van der Waals surface area contributed by atoms with Gasteiger partial charge >= 0.3 is 0 Å². The summed E-state index contributed by atoms with van der Waals surface area (Å²) in [4.78, 5) is -0.0232. The van der Waals surface area contributed by atoms with Gasteiger partial charge in [-0.3, -0.25) is 4.72 Å². The number of nitrogens with zero attached hydrogens (tertiary/aromatic N) is 2. The van der Waals surface area contributed by atoms with Crippen molar-refractivity contribution in [3.05, 3.63) is 41.7 Å². The lowest BCUT2D eigenvalue weighted by atomic mass is 10.2. The smallest absolute Gasteiger partial charge is 0.263 e. The monoisotopic (exact) mass is 352 g/mol. The molecule has 6 nitrogen and oxygen atoms in total. The number of unbranched alkanes of at least 4 members (excludes halogenated alkanes) is 2. The molecular weight excluding hydrogens is 331 g/mol. The summed E-state index contributed by atoms with van der Waals surface area (Å²) in [5, 5.41) is 10.9. The topological polar surface area (TPSA) is 84.0 Å². The number of aryl methyl sites for hydroxylation is 1. The number of aromatic nitrogens is 2. The molecule has 0 atom stereocenters. The van der Waals surface area contributed by atoms with Gasteiger partial charge in [0.05, 0.1) is 4.90 Å². The number of sulfonamides is 1. The molecular formula is C16H21FN4O2S. The van der Waals surface area contributed by atoms with Crippen molar-refractivity contribution in [2.24, 2.45) is 0 Å². The van der Waals surface area contributed by atoms with Crippen molar-refractivity contribution in [3.8, 4) is 0 Å². The third-order valence-corrected chi connectivity index (χ3v) is 4.78. The molecule has 0 saturated heterocycles. The Morgan fingerprint density at radius 1 is 1.08 bits per heavy atom. The average molecular weight is 352 g/mol. The highest BCUT2D eigenvalue weighted by molar-refractivity contribution is 7.92. The van der Waals surface area contributed by atoms with E-state index in [4.69, 9.17) is 0 Å². The summed E-state index contributed by atoms with van der Waals surface area (Å²) < 4.78 is 40.2. The lowest BCUT2D eigenvalue weighted by molar-refractivity contribution is 0.598. The third-order valence-electron chi connectivity index (χ3n) is 3.43. The molecule has 2 aromatic rings. The Bertz CT molecular complexity index is 779. The van der Waals surface area contributed by atoms with Crippen LogP contribution in [0, 0.1) is 12.7 Å². The Morgan fingerprint density at radius 3 is 2.42 bits per heavy atom. The standard InChI is InChI=1S/C16H21FN4O2S/c1-3-4-5-10-18-15-8-9-16(20-19-15)21-24(22,23)13-6-7-14(17)12(2)11-13/h6-9,11H,3-5,10H2,1-2H3,(H,18,19)(H,20,21). The minimum absolute atomic E-state index is 0.0232. The SMILES string of the molecule is CCCCCNc1ccc(NS(=O)(=O)c2ccc(F)c(C)c2)nn1. The van der Waals surface area contributed by atoms with E-state index in [0.29, 0.717) is 5.82 Å². The first kappa shape index (κ1) is 18.1. The van der Waals surface area contributed by atoms with Crippen LogP contribution in [0.4, 0.5) is 16.0 Å². The Hall–Kier alpha value is -2.22. The van der Waals surface area contributed by atoms with Crippen molar-refractivity contribution in [1.82, 2.24) is 10.2 Å². The molecule has 0 radical (unpaired) electrons. The highest BCUT2D eigenvalue weighted by Gasteiger charge is 2.16. The Balaban J connectivity index is 2.03. The van der Waals surface area contributed by atoms with Gasteiger partial charge in [-0.25, -0.2) is 12.8 Å². The van der Waals surface area contributed by atoms with E-state index in [1.165, 1.54) is 25.1 Å². The van der Waals surface area contributed by atoms with Crippen molar-refractivity contribution in [1.29, 1.82) is 0 Å². The van der Waals surface area contributed by atoms with Gasteiger partial charge in [0.2, 0.25) is 0 Å². The Kier molecular flexibility index (Phi) is 6.08. The second kappa shape index (κ2) is 8.05. The van der Waals surface area contributed by atoms with Crippen molar-refractivity contribution in [3.63, 3.8) is 0 Å². The molecule has 1 aromatic carbocycles. The highest BCUT2D eigenvalue weighted by atomic mass is 32.2. The lowest BCUT2D eigenvalue weighted by Gasteiger charge is -2.09. The van der Waals surface area contributed by atoms with Gasteiger partial charge in [0.15, 0.2) is 5.82 Å². The molecule has 24 heavy (non-hydrogen) atoms. The van der Waals surface area contributed by atoms with Crippen molar-refractivity contribution < 1.29 is 12.8 Å². The summed E-state index contributed by atoms with van der Waals surface area (Å²) in [7, 11) is -3.83. The molecule has 0 spiro atoms. The lowest BCUT2D eigenvalue weighted by Crippen LogP contribution is -2.15. The largest absolute Gasteiger partial charge is 0.369 e. The van der Waals surface area contributed by atoms with E-state index in [1.807, 2.05) is 0 Å². The predicted octanol–water partition coefficient (Wildman–Crippen LogP) is 3.33. The Morgan fingerprint density at radius 2 is 1.79 bits per heavy atom. The van der Waals surface area contributed by atoms with Gasteiger partial charge in [-0.1, -0.05) is 19.8 Å². The third kappa shape index (κ3) is 4.89. The molecule has 0 aliphatic heterocycles. The van der Waals surface area contributed by atoms with Crippen LogP contribution < -0.4 is 10.0 Å². The van der Waals surface area contributed by atoms with E-state index in [1.54, 1.807) is 6.07 Å². The zero-order chi connectivity index (χ0) is 17.6. The van der Waals surface area contributed by atoms with E-state index < -0.39 is 15.8 Å². The fraction of sp³-hybridized carbons (Fsp3) is 0.375. The summed E-state index contributed by atoms with van der Waals surface area (Å²) in [5.74, 6) is 0.245. The van der Waals surface area contributed by atoms with Crippen LogP contribution in [0.2, 0.25) is 0 Å². The fourth-order valence-corrected chi connectivity index (χ4v) is 3.13. The molecule has 0 amide bonds. The van der Waals surface area contributed by atoms with Gasteiger partial charge in [-0.05, 0) is 49.2 Å². The number of nitrogens with one attached hydrogen (secondary N) is 2. The van der Waals surface area contributed by atoms with Crippen LogP contribution in [0.25, 0.3) is 0 Å². The van der Waals surface area contributed by atoms with E-state index >= 15 is 0 Å². The molecule has 2 rings (SSSR count). The molecule has 0 bridgehead atoms. The van der Waals surface area contributed by atoms with Crippen LogP contribution in [-0.4, -0.2) is 25.2 Å². The molecule has 130 valence electrons. The number of halogens is 1. The van der Waals surface area contributed by atoms with Gasteiger partial charge in [0, 0.05) is 6.54 Å². The zero-order valence-corrected chi connectivity index (χ0v) is 14.5. The molecule has 8 heteroatoms. The predicted molar refractivity (Wildman–Crippen MR) is 92.0 cm³/mol. The first-order chi connectivity index (χ1) is 11.4. The number of hydrogen-bond acceptors (Lipinski definition) is 5. The average Bonchev–Trinajstić information content (AvgIpc) is 2.55. The molecule has 0 aliphatic carbocycles. The highest BCUT2D eigenvalue weighted by Crippen LogP contribution is 2.17. The first-order valence-corrected chi connectivity index (χ1v) is 9.27. The van der Waals surface area contributed by atoms with E-state index in [9.17, 15) is 12.8 Å². The van der Waals surface area contributed by atoms with Crippen LogP contribution in [0.5, 0.6) is 0 Å². The molecule has 0 fully saturated rings. The maximum Gasteiger partial charge on any atom is 0.263 e. The number of hydrogen-bond donors (Lipinski definition) is 2. The number of anilines is 2. The van der Waals surface area contributed by atoms with Gasteiger partial charge in [0.25, 0.3) is 10.0 Å². The van der Waals surface area contributed by atoms with Gasteiger partial charge in [-0.2, -0.15) is 0 Å². The summed E-state index contributed by atoms with van der Waals surface area (Å²) >= 11 is 0.